The molecule has 0 bridgehead atoms. The number of aliphatic hydroxyl groups is 1. The molecule has 3 rings (SSSR count). The van der Waals surface area contributed by atoms with Crippen molar-refractivity contribution in [2.75, 3.05) is 6.54 Å². The number of aliphatic hydroxyl groups excluding tert-OH is 1. The highest BCUT2D eigenvalue weighted by molar-refractivity contribution is 7.13. The lowest BCUT2D eigenvalue weighted by Crippen LogP contribution is -2.49. The maximum atomic E-state index is 13.2. The van der Waals surface area contributed by atoms with Gasteiger partial charge in [0.1, 0.15) is 11.8 Å². The first kappa shape index (κ1) is 24.6. The number of benzene rings is 1. The zero-order valence-corrected chi connectivity index (χ0v) is 20.4. The van der Waals surface area contributed by atoms with Gasteiger partial charge in [0.05, 0.1) is 28.0 Å². The highest BCUT2D eigenvalue weighted by atomic mass is 32.1. The molecule has 2 amide bonds. The number of carbonyl (C=O) groups excluding carboxylic acids is 2. The second-order valence-electron chi connectivity index (χ2n) is 8.79. The molecule has 0 aliphatic carbocycles. The summed E-state index contributed by atoms with van der Waals surface area (Å²) in [5.41, 5.74) is 4.92. The van der Waals surface area contributed by atoms with E-state index in [-0.39, 0.29) is 29.5 Å². The highest BCUT2D eigenvalue weighted by Crippen LogP contribution is 2.29. The van der Waals surface area contributed by atoms with Crippen molar-refractivity contribution in [3.8, 4) is 10.4 Å². The number of nitrogens with one attached hydrogen (secondary N) is 2. The molecule has 0 saturated carbocycles. The Morgan fingerprint density at radius 2 is 1.97 bits per heavy atom. The summed E-state index contributed by atoms with van der Waals surface area (Å²) >= 11 is 1.60. The second-order valence-corrected chi connectivity index (χ2v) is 9.64. The molecule has 2 heterocycles. The quantitative estimate of drug-likeness (QED) is 0.387. The van der Waals surface area contributed by atoms with Gasteiger partial charge in [-0.25, -0.2) is 4.98 Å². The van der Waals surface area contributed by atoms with Crippen LogP contribution >= 0.6 is 11.3 Å². The maximum absolute atomic E-state index is 13.2. The van der Waals surface area contributed by atoms with Crippen molar-refractivity contribution in [2.45, 2.75) is 52.6 Å². The van der Waals surface area contributed by atoms with Crippen LogP contribution in [0.25, 0.3) is 10.4 Å². The van der Waals surface area contributed by atoms with Crippen molar-refractivity contribution in [3.63, 3.8) is 0 Å². The number of carbonyl (C=O) groups is 2. The summed E-state index contributed by atoms with van der Waals surface area (Å²) in [6.45, 7) is 8.10. The van der Waals surface area contributed by atoms with Crippen LogP contribution in [0.5, 0.6) is 0 Å². The van der Waals surface area contributed by atoms with Crippen LogP contribution in [0.2, 0.25) is 0 Å². The molecule has 3 N–H and O–H groups in total. The zero-order chi connectivity index (χ0) is 24.1. The van der Waals surface area contributed by atoms with E-state index < -0.39 is 12.0 Å². The molecule has 1 aliphatic heterocycles. The van der Waals surface area contributed by atoms with Crippen molar-refractivity contribution in [1.29, 1.82) is 5.41 Å². The van der Waals surface area contributed by atoms with Gasteiger partial charge >= 0.3 is 0 Å². The number of hydrogen-bond donors (Lipinski definition) is 3. The van der Waals surface area contributed by atoms with Crippen LogP contribution in [0, 0.1) is 24.2 Å². The summed E-state index contributed by atoms with van der Waals surface area (Å²) in [5, 5.41) is 20.5. The van der Waals surface area contributed by atoms with E-state index in [0.29, 0.717) is 13.0 Å². The first-order chi connectivity index (χ1) is 15.7. The van der Waals surface area contributed by atoms with Gasteiger partial charge in [-0.3, -0.25) is 9.59 Å². The standard InChI is InChI=1S/C25H32N4O3S/c1-15(2)22(21(30)11-12-26)25(32)29-13-5-6-20(29)24(31)28-16(3)18-7-9-19(10-8-18)23-17(4)27-14-33-23/h7-12,14-16,20,22,26,30H,5-6,13H2,1-4H3,(H,28,31)/b21-11-,26-12?/t16-,20-,22+/m0/s1. The van der Waals surface area contributed by atoms with Crippen molar-refractivity contribution in [2.24, 2.45) is 11.8 Å². The van der Waals surface area contributed by atoms with E-state index >= 15 is 0 Å². The Labute approximate surface area is 199 Å². The molecule has 1 saturated heterocycles. The van der Waals surface area contributed by atoms with Gasteiger partial charge in [0, 0.05) is 12.8 Å². The monoisotopic (exact) mass is 468 g/mol. The van der Waals surface area contributed by atoms with Gasteiger partial charge in [-0.1, -0.05) is 38.1 Å². The molecule has 3 atom stereocenters. The van der Waals surface area contributed by atoms with Crippen LogP contribution in [0.3, 0.4) is 0 Å². The fraction of sp³-hybridized carbons (Fsp3) is 0.440. The minimum Gasteiger partial charge on any atom is -0.511 e. The molecule has 0 unspecified atom stereocenters. The highest BCUT2D eigenvalue weighted by Gasteiger charge is 2.39. The van der Waals surface area contributed by atoms with Crippen molar-refractivity contribution in [3.05, 3.63) is 52.9 Å². The number of thiazole rings is 1. The molecule has 2 aromatic rings. The number of aryl methyl sites for hydroxylation is 1. The SMILES string of the molecule is Cc1ncsc1-c1ccc([C@H](C)NC(=O)[C@@H]2CCCN2C(=O)[C@@H](/C(O)=C/C=N)C(C)C)cc1. The molecule has 1 aromatic carbocycles. The second kappa shape index (κ2) is 10.7. The van der Waals surface area contributed by atoms with E-state index in [1.165, 1.54) is 6.08 Å². The van der Waals surface area contributed by atoms with Crippen LogP contribution < -0.4 is 5.32 Å². The molecule has 1 fully saturated rings. The molecular weight excluding hydrogens is 436 g/mol. The van der Waals surface area contributed by atoms with Crippen LogP contribution in [-0.2, 0) is 9.59 Å². The van der Waals surface area contributed by atoms with Crippen molar-refractivity contribution >= 4 is 29.4 Å². The minimum absolute atomic E-state index is 0.138. The van der Waals surface area contributed by atoms with Gasteiger partial charge in [-0.2, -0.15) is 0 Å². The van der Waals surface area contributed by atoms with Gasteiger partial charge in [-0.05, 0) is 49.8 Å². The number of likely N-dealkylation sites (tertiary alicyclic amines) is 1. The third-order valence-corrected chi connectivity index (χ3v) is 7.10. The number of rotatable bonds is 8. The topological polar surface area (TPSA) is 106 Å². The number of amides is 2. The third-order valence-electron chi connectivity index (χ3n) is 6.12. The lowest BCUT2D eigenvalue weighted by Gasteiger charge is -2.30. The molecule has 176 valence electrons. The molecule has 33 heavy (non-hydrogen) atoms. The number of hydrogen-bond acceptors (Lipinski definition) is 6. The predicted octanol–water partition coefficient (Wildman–Crippen LogP) is 4.65. The molecule has 1 aliphatic rings. The van der Waals surface area contributed by atoms with Crippen LogP contribution in [0.15, 0.2) is 41.6 Å². The predicted molar refractivity (Wildman–Crippen MR) is 131 cm³/mol. The third kappa shape index (κ3) is 5.50. The minimum atomic E-state index is -0.764. The first-order valence-corrected chi connectivity index (χ1v) is 12.1. The molecule has 0 radical (unpaired) electrons. The van der Waals surface area contributed by atoms with Crippen LogP contribution in [-0.4, -0.2) is 45.6 Å². The summed E-state index contributed by atoms with van der Waals surface area (Å²) < 4.78 is 0. The number of allylic oxidation sites excluding steroid dienone is 1. The number of aromatic nitrogens is 1. The molecular formula is C25H32N4O3S. The maximum Gasteiger partial charge on any atom is 0.243 e. The Balaban J connectivity index is 1.69. The number of nitrogens with zero attached hydrogens (tertiary/aromatic N) is 2. The summed E-state index contributed by atoms with van der Waals surface area (Å²) in [5.74, 6) is -1.51. The molecule has 8 heteroatoms. The fourth-order valence-corrected chi connectivity index (χ4v) is 5.13. The summed E-state index contributed by atoms with van der Waals surface area (Å²) in [6, 6.07) is 7.32. The Morgan fingerprint density at radius 1 is 1.27 bits per heavy atom. The van der Waals surface area contributed by atoms with E-state index in [1.807, 2.05) is 57.5 Å². The van der Waals surface area contributed by atoms with Crippen molar-refractivity contribution in [1.82, 2.24) is 15.2 Å². The Hall–Kier alpha value is -3.00. The van der Waals surface area contributed by atoms with E-state index in [1.54, 1.807) is 16.2 Å². The van der Waals surface area contributed by atoms with E-state index in [2.05, 4.69) is 10.3 Å². The lowest BCUT2D eigenvalue weighted by atomic mass is 9.91. The van der Waals surface area contributed by atoms with Crippen LogP contribution in [0.1, 0.15) is 50.9 Å². The molecule has 1 aromatic heterocycles. The summed E-state index contributed by atoms with van der Waals surface area (Å²) in [6.07, 6.45) is 3.53. The summed E-state index contributed by atoms with van der Waals surface area (Å²) in [7, 11) is 0. The van der Waals surface area contributed by atoms with Gasteiger partial charge in [0.15, 0.2) is 0 Å². The molecule has 7 nitrogen and oxygen atoms in total. The Morgan fingerprint density at radius 3 is 2.55 bits per heavy atom. The van der Waals surface area contributed by atoms with E-state index in [9.17, 15) is 14.7 Å². The van der Waals surface area contributed by atoms with Gasteiger partial charge in [-0.15, -0.1) is 11.3 Å². The van der Waals surface area contributed by atoms with E-state index in [4.69, 9.17) is 5.41 Å². The average Bonchev–Trinajstić information content (AvgIpc) is 3.43. The first-order valence-electron chi connectivity index (χ1n) is 11.3. The van der Waals surface area contributed by atoms with Gasteiger partial charge < -0.3 is 20.7 Å². The Bertz CT molecular complexity index is 1030. The zero-order valence-electron chi connectivity index (χ0n) is 19.5. The fourth-order valence-electron chi connectivity index (χ4n) is 4.32. The van der Waals surface area contributed by atoms with Gasteiger partial charge in [0.2, 0.25) is 11.8 Å². The largest absolute Gasteiger partial charge is 0.511 e. The van der Waals surface area contributed by atoms with Crippen molar-refractivity contribution < 1.29 is 14.7 Å². The molecule has 0 spiro atoms. The Kier molecular flexibility index (Phi) is 8.02. The summed E-state index contributed by atoms with van der Waals surface area (Å²) in [4.78, 5) is 33.3. The smallest absolute Gasteiger partial charge is 0.243 e. The van der Waals surface area contributed by atoms with Gasteiger partial charge in [0.25, 0.3) is 0 Å². The normalized spacial score (nSPS) is 18.3. The van der Waals surface area contributed by atoms with E-state index in [0.717, 1.165) is 34.3 Å². The lowest BCUT2D eigenvalue weighted by molar-refractivity contribution is -0.142. The van der Waals surface area contributed by atoms with Crippen LogP contribution in [0.4, 0.5) is 0 Å². The average molecular weight is 469 g/mol.